The minimum atomic E-state index is -0.0144. The predicted octanol–water partition coefficient (Wildman–Crippen LogP) is 3.69. The fourth-order valence-electron chi connectivity index (χ4n) is 4.40. The number of benzene rings is 1. The molecule has 2 aromatic rings. The molecule has 2 amide bonds. The van der Waals surface area contributed by atoms with E-state index >= 15 is 0 Å². The van der Waals surface area contributed by atoms with Crippen molar-refractivity contribution in [2.24, 2.45) is 11.8 Å². The van der Waals surface area contributed by atoms with Crippen molar-refractivity contribution in [3.05, 3.63) is 59.9 Å². The molecular weight excluding hydrogens is 326 g/mol. The van der Waals surface area contributed by atoms with Gasteiger partial charge in [0, 0.05) is 31.5 Å². The first kappa shape index (κ1) is 16.9. The number of nitrogens with one attached hydrogen (secondary N) is 1. The Hall–Kier alpha value is -2.56. The molecule has 0 radical (unpaired) electrons. The van der Waals surface area contributed by atoms with E-state index in [0.717, 1.165) is 23.5 Å². The number of hydrogen-bond donors (Lipinski definition) is 2. The number of phenolic OH excluding ortho intramolecular Hbond substituents is 1. The zero-order valence-corrected chi connectivity index (χ0v) is 14.8. The third-order valence-electron chi connectivity index (χ3n) is 5.74. The van der Waals surface area contributed by atoms with Crippen molar-refractivity contribution >= 4 is 6.03 Å². The summed E-state index contributed by atoms with van der Waals surface area (Å²) in [6.07, 6.45) is 8.50. The summed E-state index contributed by atoms with van der Waals surface area (Å²) in [6, 6.07) is 11.2. The van der Waals surface area contributed by atoms with E-state index in [4.69, 9.17) is 0 Å². The average Bonchev–Trinajstić information content (AvgIpc) is 3.27. The smallest absolute Gasteiger partial charge is 0.318 e. The third kappa shape index (κ3) is 3.82. The highest BCUT2D eigenvalue weighted by Crippen LogP contribution is 2.44. The second-order valence-electron chi connectivity index (χ2n) is 7.61. The first-order valence-electron chi connectivity index (χ1n) is 9.39. The molecule has 2 saturated carbocycles. The molecule has 0 spiro atoms. The number of fused-ring (bicyclic) bond motifs is 2. The van der Waals surface area contributed by atoms with E-state index < -0.39 is 0 Å². The van der Waals surface area contributed by atoms with Crippen LogP contribution >= 0.6 is 0 Å². The minimum Gasteiger partial charge on any atom is -0.508 e. The van der Waals surface area contributed by atoms with E-state index in [-0.39, 0.29) is 11.8 Å². The van der Waals surface area contributed by atoms with Crippen molar-refractivity contribution < 1.29 is 9.90 Å². The Morgan fingerprint density at radius 1 is 1.12 bits per heavy atom. The van der Waals surface area contributed by atoms with Crippen LogP contribution in [-0.2, 0) is 13.1 Å². The fraction of sp³-hybridized carbons (Fsp3) is 0.429. The Morgan fingerprint density at radius 3 is 2.58 bits per heavy atom. The first-order valence-corrected chi connectivity index (χ1v) is 9.39. The summed E-state index contributed by atoms with van der Waals surface area (Å²) >= 11 is 0. The van der Waals surface area contributed by atoms with Crippen molar-refractivity contribution in [3.63, 3.8) is 0 Å². The zero-order valence-electron chi connectivity index (χ0n) is 14.8. The van der Waals surface area contributed by atoms with Crippen LogP contribution in [0.15, 0.2) is 48.8 Å². The van der Waals surface area contributed by atoms with E-state index in [1.165, 1.54) is 19.3 Å². The van der Waals surface area contributed by atoms with Gasteiger partial charge in [-0.2, -0.15) is 0 Å². The molecule has 3 atom stereocenters. The average molecular weight is 351 g/mol. The molecule has 1 heterocycles. The Balaban J connectivity index is 1.47. The summed E-state index contributed by atoms with van der Waals surface area (Å²) in [5, 5.41) is 12.8. The van der Waals surface area contributed by atoms with Gasteiger partial charge >= 0.3 is 6.03 Å². The number of nitrogens with zero attached hydrogens (tertiary/aromatic N) is 2. The second-order valence-corrected chi connectivity index (χ2v) is 7.61. The Labute approximate surface area is 154 Å². The molecule has 4 rings (SSSR count). The van der Waals surface area contributed by atoms with Gasteiger partial charge in [0.1, 0.15) is 5.75 Å². The van der Waals surface area contributed by atoms with Crippen LogP contribution in [-0.4, -0.2) is 27.1 Å². The molecule has 26 heavy (non-hydrogen) atoms. The van der Waals surface area contributed by atoms with Gasteiger partial charge in [-0.15, -0.1) is 0 Å². The molecule has 2 fully saturated rings. The Morgan fingerprint density at radius 2 is 1.92 bits per heavy atom. The molecule has 0 unspecified atom stereocenters. The number of aromatic nitrogens is 1. The topological polar surface area (TPSA) is 65.5 Å². The van der Waals surface area contributed by atoms with Gasteiger partial charge in [-0.3, -0.25) is 4.98 Å². The molecule has 136 valence electrons. The summed E-state index contributed by atoms with van der Waals surface area (Å²) in [5.74, 6) is 1.69. The summed E-state index contributed by atoms with van der Waals surface area (Å²) in [5.41, 5.74) is 2.00. The number of carbonyl (C=O) groups excluding carboxylic acids is 1. The van der Waals surface area contributed by atoms with Crippen molar-refractivity contribution in [2.75, 3.05) is 0 Å². The lowest BCUT2D eigenvalue weighted by Gasteiger charge is -2.28. The largest absolute Gasteiger partial charge is 0.508 e. The summed E-state index contributed by atoms with van der Waals surface area (Å²) in [7, 11) is 0. The van der Waals surface area contributed by atoms with Crippen LogP contribution in [0.2, 0.25) is 0 Å². The molecule has 2 aliphatic rings. The van der Waals surface area contributed by atoms with Gasteiger partial charge in [-0.1, -0.05) is 24.6 Å². The van der Waals surface area contributed by atoms with Gasteiger partial charge < -0.3 is 15.3 Å². The molecule has 5 nitrogen and oxygen atoms in total. The number of carbonyl (C=O) groups is 1. The number of rotatable bonds is 5. The zero-order chi connectivity index (χ0) is 17.9. The molecule has 2 bridgehead atoms. The second kappa shape index (κ2) is 7.36. The van der Waals surface area contributed by atoms with Crippen LogP contribution in [0.5, 0.6) is 5.75 Å². The molecule has 2 N–H and O–H groups in total. The van der Waals surface area contributed by atoms with Gasteiger partial charge in [0.25, 0.3) is 0 Å². The number of aromatic hydroxyl groups is 1. The van der Waals surface area contributed by atoms with E-state index in [2.05, 4.69) is 10.3 Å². The number of phenols is 1. The quantitative estimate of drug-likeness (QED) is 0.863. The Kier molecular flexibility index (Phi) is 4.78. The van der Waals surface area contributed by atoms with Crippen molar-refractivity contribution in [1.29, 1.82) is 0 Å². The van der Waals surface area contributed by atoms with Crippen LogP contribution in [0.25, 0.3) is 0 Å². The van der Waals surface area contributed by atoms with Crippen LogP contribution in [0.3, 0.4) is 0 Å². The van der Waals surface area contributed by atoms with E-state index in [0.29, 0.717) is 25.0 Å². The van der Waals surface area contributed by atoms with Crippen molar-refractivity contribution in [3.8, 4) is 5.75 Å². The highest BCUT2D eigenvalue weighted by molar-refractivity contribution is 5.74. The molecule has 1 aromatic heterocycles. The predicted molar refractivity (Wildman–Crippen MR) is 99.4 cm³/mol. The lowest BCUT2D eigenvalue weighted by molar-refractivity contribution is 0.183. The van der Waals surface area contributed by atoms with E-state index in [1.807, 2.05) is 29.2 Å². The molecule has 0 saturated heterocycles. The number of urea groups is 1. The van der Waals surface area contributed by atoms with Gasteiger partial charge in [-0.25, -0.2) is 4.79 Å². The number of pyridine rings is 1. The van der Waals surface area contributed by atoms with Crippen molar-refractivity contribution in [1.82, 2.24) is 15.2 Å². The van der Waals surface area contributed by atoms with Crippen LogP contribution in [0.1, 0.15) is 36.8 Å². The van der Waals surface area contributed by atoms with E-state index in [1.54, 1.807) is 24.5 Å². The minimum absolute atomic E-state index is 0.0144. The third-order valence-corrected chi connectivity index (χ3v) is 5.74. The SMILES string of the molecule is O=C(N[C@@H]1C[C@H]2CC[C@@H]1C2)N(Cc1ccc(O)cc1)Cc1cccnc1. The number of hydrogen-bond acceptors (Lipinski definition) is 3. The maximum Gasteiger partial charge on any atom is 0.318 e. The summed E-state index contributed by atoms with van der Waals surface area (Å²) < 4.78 is 0. The van der Waals surface area contributed by atoms with Crippen LogP contribution in [0.4, 0.5) is 4.79 Å². The molecule has 1 aromatic carbocycles. The van der Waals surface area contributed by atoms with Crippen molar-refractivity contribution in [2.45, 2.75) is 44.8 Å². The normalized spacial score (nSPS) is 23.8. The van der Waals surface area contributed by atoms with Gasteiger partial charge in [0.05, 0.1) is 0 Å². The van der Waals surface area contributed by atoms with Gasteiger partial charge in [0.2, 0.25) is 0 Å². The summed E-state index contributed by atoms with van der Waals surface area (Å²) in [4.78, 5) is 19.0. The summed E-state index contributed by atoms with van der Waals surface area (Å²) in [6.45, 7) is 1.02. The molecular formula is C21H25N3O2. The maximum absolute atomic E-state index is 13.0. The monoisotopic (exact) mass is 351 g/mol. The first-order chi connectivity index (χ1) is 12.7. The highest BCUT2D eigenvalue weighted by atomic mass is 16.3. The standard InChI is InChI=1S/C21H25N3O2/c25-19-7-4-15(5-8-19)13-24(14-17-2-1-9-22-12-17)21(26)23-20-11-16-3-6-18(20)10-16/h1-2,4-5,7-9,12,16,18,20,25H,3,6,10-11,13-14H2,(H,23,26)/t16-,18+,20+/m0/s1. The van der Waals surface area contributed by atoms with Gasteiger partial charge in [-0.05, 0) is 60.4 Å². The van der Waals surface area contributed by atoms with Gasteiger partial charge in [0.15, 0.2) is 0 Å². The highest BCUT2D eigenvalue weighted by Gasteiger charge is 2.40. The lowest BCUT2D eigenvalue weighted by Crippen LogP contribution is -2.46. The van der Waals surface area contributed by atoms with E-state index in [9.17, 15) is 9.90 Å². The lowest BCUT2D eigenvalue weighted by atomic mass is 9.95. The molecule has 0 aliphatic heterocycles. The fourth-order valence-corrected chi connectivity index (χ4v) is 4.40. The van der Waals surface area contributed by atoms with Crippen LogP contribution < -0.4 is 5.32 Å². The molecule has 5 heteroatoms. The number of amides is 2. The maximum atomic E-state index is 13.0. The Bertz CT molecular complexity index is 748. The molecule has 2 aliphatic carbocycles. The van der Waals surface area contributed by atoms with Crippen LogP contribution in [0, 0.1) is 11.8 Å².